The predicted molar refractivity (Wildman–Crippen MR) is 91.7 cm³/mol. The predicted octanol–water partition coefficient (Wildman–Crippen LogP) is 4.56. The quantitative estimate of drug-likeness (QED) is 0.876. The van der Waals surface area contributed by atoms with Gasteiger partial charge in [0.1, 0.15) is 0 Å². The Labute approximate surface area is 131 Å². The maximum atomic E-state index is 12.2. The average molecular weight is 299 g/mol. The summed E-state index contributed by atoms with van der Waals surface area (Å²) < 4.78 is 0. The van der Waals surface area contributed by atoms with Crippen LogP contribution in [0.3, 0.4) is 0 Å². The number of rotatable bonds is 5. The topological polar surface area (TPSA) is 29.1 Å². The van der Waals surface area contributed by atoms with Crippen LogP contribution in [0.15, 0.2) is 48.5 Å². The lowest BCUT2D eigenvalue weighted by atomic mass is 10.1. The molecule has 0 aliphatic rings. The number of carbonyl (C=O) groups is 1. The van der Waals surface area contributed by atoms with Crippen molar-refractivity contribution in [2.45, 2.75) is 31.8 Å². The van der Waals surface area contributed by atoms with E-state index in [0.29, 0.717) is 0 Å². The summed E-state index contributed by atoms with van der Waals surface area (Å²) in [5, 5.41) is 2.92. The molecule has 0 bridgehead atoms. The highest BCUT2D eigenvalue weighted by atomic mass is 32.2. The summed E-state index contributed by atoms with van der Waals surface area (Å²) in [6.07, 6.45) is 0. The molecule has 0 spiro atoms. The Morgan fingerprint density at radius 1 is 1.10 bits per heavy atom. The monoisotopic (exact) mass is 299 g/mol. The number of carbonyl (C=O) groups excluding carboxylic acids is 1. The first kappa shape index (κ1) is 15.6. The van der Waals surface area contributed by atoms with Gasteiger partial charge in [-0.25, -0.2) is 0 Å². The smallest absolute Gasteiger partial charge is 0.237 e. The van der Waals surface area contributed by atoms with Gasteiger partial charge in [0.25, 0.3) is 0 Å². The van der Waals surface area contributed by atoms with Gasteiger partial charge < -0.3 is 5.32 Å². The maximum absolute atomic E-state index is 12.2. The summed E-state index contributed by atoms with van der Waals surface area (Å²) in [7, 11) is 0. The Hall–Kier alpha value is -1.74. The average Bonchev–Trinajstić information content (AvgIpc) is 2.44. The van der Waals surface area contributed by atoms with E-state index in [9.17, 15) is 4.79 Å². The van der Waals surface area contributed by atoms with E-state index in [0.717, 1.165) is 22.6 Å². The normalized spacial score (nSPS) is 12.0. The van der Waals surface area contributed by atoms with Crippen molar-refractivity contribution in [2.75, 3.05) is 5.32 Å². The van der Waals surface area contributed by atoms with Gasteiger partial charge in [-0.1, -0.05) is 36.4 Å². The number of amides is 1. The Morgan fingerprint density at radius 2 is 1.71 bits per heavy atom. The molecule has 2 aromatic carbocycles. The Balaban J connectivity index is 1.90. The third-order valence-corrected chi connectivity index (χ3v) is 4.42. The number of benzene rings is 2. The molecule has 1 atom stereocenters. The van der Waals surface area contributed by atoms with Gasteiger partial charge in [0, 0.05) is 11.4 Å². The number of hydrogen-bond donors (Lipinski definition) is 1. The fourth-order valence-corrected chi connectivity index (χ4v) is 3.01. The van der Waals surface area contributed by atoms with Crippen molar-refractivity contribution in [3.63, 3.8) is 0 Å². The minimum Gasteiger partial charge on any atom is -0.325 e. The minimum atomic E-state index is -0.0778. The summed E-state index contributed by atoms with van der Waals surface area (Å²) >= 11 is 1.65. The molecule has 2 aromatic rings. The molecule has 0 aromatic heterocycles. The molecule has 21 heavy (non-hydrogen) atoms. The third-order valence-electron chi connectivity index (χ3n) is 3.20. The Kier molecular flexibility index (Phi) is 5.45. The number of aryl methyl sites for hydroxylation is 2. The summed E-state index contributed by atoms with van der Waals surface area (Å²) in [5.74, 6) is 0.906. The van der Waals surface area contributed by atoms with Gasteiger partial charge in [0.15, 0.2) is 0 Å². The molecule has 0 radical (unpaired) electrons. The molecule has 1 unspecified atom stereocenters. The van der Waals surface area contributed by atoms with Gasteiger partial charge in [-0.05, 0) is 49.6 Å². The lowest BCUT2D eigenvalue weighted by Crippen LogP contribution is -2.22. The molecule has 0 fully saturated rings. The van der Waals surface area contributed by atoms with E-state index in [1.807, 2.05) is 51.1 Å². The number of hydrogen-bond acceptors (Lipinski definition) is 2. The number of nitrogens with one attached hydrogen (secondary N) is 1. The molecular weight excluding hydrogens is 278 g/mol. The maximum Gasteiger partial charge on any atom is 0.237 e. The van der Waals surface area contributed by atoms with E-state index >= 15 is 0 Å². The van der Waals surface area contributed by atoms with Crippen LogP contribution in [0.1, 0.15) is 23.6 Å². The van der Waals surface area contributed by atoms with Gasteiger partial charge in [0.2, 0.25) is 5.91 Å². The lowest BCUT2D eigenvalue weighted by Gasteiger charge is -2.13. The van der Waals surface area contributed by atoms with Crippen LogP contribution in [0.2, 0.25) is 0 Å². The molecule has 110 valence electrons. The van der Waals surface area contributed by atoms with Crippen LogP contribution < -0.4 is 5.32 Å². The van der Waals surface area contributed by atoms with Crippen LogP contribution in [0.5, 0.6) is 0 Å². The zero-order valence-electron chi connectivity index (χ0n) is 12.7. The third kappa shape index (κ3) is 4.94. The first-order valence-electron chi connectivity index (χ1n) is 7.09. The first-order valence-corrected chi connectivity index (χ1v) is 8.14. The van der Waals surface area contributed by atoms with Gasteiger partial charge in [-0.2, -0.15) is 0 Å². The van der Waals surface area contributed by atoms with E-state index in [-0.39, 0.29) is 11.2 Å². The van der Waals surface area contributed by atoms with Crippen LogP contribution in [0.25, 0.3) is 0 Å². The summed E-state index contributed by atoms with van der Waals surface area (Å²) in [6.45, 7) is 6.03. The van der Waals surface area contributed by atoms with E-state index < -0.39 is 0 Å². The molecule has 0 saturated heterocycles. The van der Waals surface area contributed by atoms with E-state index in [4.69, 9.17) is 0 Å². The van der Waals surface area contributed by atoms with Crippen LogP contribution >= 0.6 is 11.8 Å². The molecule has 0 saturated carbocycles. The summed E-state index contributed by atoms with van der Waals surface area (Å²) in [4.78, 5) is 12.2. The van der Waals surface area contributed by atoms with Gasteiger partial charge in [-0.15, -0.1) is 11.8 Å². The Morgan fingerprint density at radius 3 is 2.33 bits per heavy atom. The van der Waals surface area contributed by atoms with E-state index in [1.165, 1.54) is 5.56 Å². The highest BCUT2D eigenvalue weighted by molar-refractivity contribution is 7.99. The van der Waals surface area contributed by atoms with Crippen LogP contribution in [0, 0.1) is 13.8 Å². The molecule has 1 amide bonds. The van der Waals surface area contributed by atoms with Crippen molar-refractivity contribution in [3.05, 3.63) is 65.2 Å². The van der Waals surface area contributed by atoms with Gasteiger partial charge in [-0.3, -0.25) is 4.79 Å². The molecule has 1 N–H and O–H groups in total. The van der Waals surface area contributed by atoms with Crippen molar-refractivity contribution in [3.8, 4) is 0 Å². The van der Waals surface area contributed by atoms with Crippen LogP contribution in [-0.2, 0) is 10.5 Å². The van der Waals surface area contributed by atoms with Crippen molar-refractivity contribution < 1.29 is 4.79 Å². The van der Waals surface area contributed by atoms with Crippen LogP contribution in [-0.4, -0.2) is 11.2 Å². The summed E-state index contributed by atoms with van der Waals surface area (Å²) in [6, 6.07) is 16.3. The molecule has 2 rings (SSSR count). The lowest BCUT2D eigenvalue weighted by molar-refractivity contribution is -0.115. The molecule has 0 aliphatic carbocycles. The summed E-state index contributed by atoms with van der Waals surface area (Å²) in [5.41, 5.74) is 4.45. The van der Waals surface area contributed by atoms with E-state index in [2.05, 4.69) is 23.5 Å². The second-order valence-corrected chi connectivity index (χ2v) is 6.63. The zero-order valence-corrected chi connectivity index (χ0v) is 13.5. The molecule has 0 heterocycles. The van der Waals surface area contributed by atoms with Crippen molar-refractivity contribution >= 4 is 23.4 Å². The standard InChI is InChI=1S/C18H21NOS/c1-13-9-14(2)11-17(10-13)19-18(20)15(3)21-12-16-7-5-4-6-8-16/h4-11,15H,12H2,1-3H3,(H,19,20). The zero-order chi connectivity index (χ0) is 15.2. The van der Waals surface area contributed by atoms with E-state index in [1.54, 1.807) is 11.8 Å². The molecule has 0 aliphatic heterocycles. The SMILES string of the molecule is Cc1cc(C)cc(NC(=O)C(C)SCc2ccccc2)c1. The van der Waals surface area contributed by atoms with Crippen LogP contribution in [0.4, 0.5) is 5.69 Å². The first-order chi connectivity index (χ1) is 10.0. The Bertz CT molecular complexity index is 590. The second-order valence-electron chi connectivity index (χ2n) is 5.30. The van der Waals surface area contributed by atoms with Gasteiger partial charge >= 0.3 is 0 Å². The number of anilines is 1. The van der Waals surface area contributed by atoms with Crippen molar-refractivity contribution in [1.82, 2.24) is 0 Å². The van der Waals surface area contributed by atoms with Crippen molar-refractivity contribution in [2.24, 2.45) is 0 Å². The second kappa shape index (κ2) is 7.32. The van der Waals surface area contributed by atoms with Gasteiger partial charge in [0.05, 0.1) is 5.25 Å². The highest BCUT2D eigenvalue weighted by Gasteiger charge is 2.13. The molecule has 2 nitrogen and oxygen atoms in total. The largest absolute Gasteiger partial charge is 0.325 e. The van der Waals surface area contributed by atoms with Crippen molar-refractivity contribution in [1.29, 1.82) is 0 Å². The molecular formula is C18H21NOS. The minimum absolute atomic E-state index is 0.0564. The fraction of sp³-hybridized carbons (Fsp3) is 0.278. The highest BCUT2D eigenvalue weighted by Crippen LogP contribution is 2.20. The molecule has 3 heteroatoms. The number of thioether (sulfide) groups is 1. The fourth-order valence-electron chi connectivity index (χ4n) is 2.16.